The molecule has 1 atom stereocenters. The molecule has 8 nitrogen and oxygen atoms in total. The van der Waals surface area contributed by atoms with Crippen molar-refractivity contribution in [3.05, 3.63) is 53.6 Å². The molecule has 28 heavy (non-hydrogen) atoms. The van der Waals surface area contributed by atoms with Crippen LogP contribution in [0.2, 0.25) is 0 Å². The van der Waals surface area contributed by atoms with E-state index in [-0.39, 0.29) is 18.5 Å². The van der Waals surface area contributed by atoms with Gasteiger partial charge in [-0.15, -0.1) is 10.2 Å². The van der Waals surface area contributed by atoms with Crippen molar-refractivity contribution in [2.75, 3.05) is 13.2 Å². The average Bonchev–Trinajstić information content (AvgIpc) is 3.16. The molecule has 1 aliphatic heterocycles. The zero-order chi connectivity index (χ0) is 19.5. The smallest absolute Gasteiger partial charge is 0.244 e. The van der Waals surface area contributed by atoms with Crippen molar-refractivity contribution < 1.29 is 14.3 Å². The Balaban J connectivity index is 1.38. The Labute approximate surface area is 162 Å². The molecule has 8 heteroatoms. The molecule has 3 aromatic rings. The SMILES string of the molecule is Cc1ccc(-c2nnn(CC(=O)NC(C)c3ccc4c(c3)OCCO4)n2)cc1. The molecule has 0 bridgehead atoms. The van der Waals surface area contributed by atoms with E-state index in [2.05, 4.69) is 20.7 Å². The number of hydrogen-bond acceptors (Lipinski definition) is 6. The fourth-order valence-corrected chi connectivity index (χ4v) is 2.96. The summed E-state index contributed by atoms with van der Waals surface area (Å²) in [5.74, 6) is 1.72. The second-order valence-corrected chi connectivity index (χ2v) is 6.70. The van der Waals surface area contributed by atoms with E-state index in [9.17, 15) is 4.79 Å². The molecule has 2 aromatic carbocycles. The third-order valence-electron chi connectivity index (χ3n) is 4.49. The van der Waals surface area contributed by atoms with Gasteiger partial charge in [-0.05, 0) is 36.8 Å². The average molecular weight is 379 g/mol. The van der Waals surface area contributed by atoms with Crippen LogP contribution in [0.4, 0.5) is 0 Å². The van der Waals surface area contributed by atoms with Crippen molar-refractivity contribution in [2.45, 2.75) is 26.4 Å². The minimum Gasteiger partial charge on any atom is -0.486 e. The van der Waals surface area contributed by atoms with Gasteiger partial charge < -0.3 is 14.8 Å². The van der Waals surface area contributed by atoms with Crippen LogP contribution < -0.4 is 14.8 Å². The summed E-state index contributed by atoms with van der Waals surface area (Å²) in [7, 11) is 0. The first-order chi connectivity index (χ1) is 13.6. The van der Waals surface area contributed by atoms with Crippen molar-refractivity contribution in [1.29, 1.82) is 0 Å². The number of hydrogen-bond donors (Lipinski definition) is 1. The highest BCUT2D eigenvalue weighted by molar-refractivity contribution is 5.76. The highest BCUT2D eigenvalue weighted by Gasteiger charge is 2.16. The second-order valence-electron chi connectivity index (χ2n) is 6.70. The molecule has 0 aliphatic carbocycles. The van der Waals surface area contributed by atoms with Gasteiger partial charge in [0, 0.05) is 5.56 Å². The van der Waals surface area contributed by atoms with Crippen molar-refractivity contribution in [3.8, 4) is 22.9 Å². The molecule has 0 saturated carbocycles. The molecule has 0 spiro atoms. The predicted molar refractivity (Wildman–Crippen MR) is 102 cm³/mol. The minimum absolute atomic E-state index is 0.00620. The van der Waals surface area contributed by atoms with E-state index in [0.717, 1.165) is 22.4 Å². The maximum absolute atomic E-state index is 12.4. The molecule has 0 radical (unpaired) electrons. The monoisotopic (exact) mass is 379 g/mol. The summed E-state index contributed by atoms with van der Waals surface area (Å²) in [6.07, 6.45) is 0. The number of tetrazole rings is 1. The summed E-state index contributed by atoms with van der Waals surface area (Å²) in [4.78, 5) is 13.7. The van der Waals surface area contributed by atoms with Crippen molar-refractivity contribution in [2.24, 2.45) is 0 Å². The number of fused-ring (bicyclic) bond motifs is 1. The van der Waals surface area contributed by atoms with Crippen LogP contribution in [-0.2, 0) is 11.3 Å². The largest absolute Gasteiger partial charge is 0.486 e. The molecule has 1 N–H and O–H groups in total. The van der Waals surface area contributed by atoms with E-state index in [1.165, 1.54) is 4.80 Å². The van der Waals surface area contributed by atoms with Crippen LogP contribution in [0.25, 0.3) is 11.4 Å². The van der Waals surface area contributed by atoms with Crippen molar-refractivity contribution in [3.63, 3.8) is 0 Å². The molecule has 1 aromatic heterocycles. The van der Waals surface area contributed by atoms with Gasteiger partial charge in [0.15, 0.2) is 11.5 Å². The van der Waals surface area contributed by atoms with Gasteiger partial charge in [-0.1, -0.05) is 35.9 Å². The lowest BCUT2D eigenvalue weighted by Crippen LogP contribution is -2.31. The normalized spacial score (nSPS) is 13.8. The van der Waals surface area contributed by atoms with Crippen molar-refractivity contribution >= 4 is 5.91 Å². The van der Waals surface area contributed by atoms with Gasteiger partial charge in [-0.25, -0.2) is 0 Å². The number of nitrogens with one attached hydrogen (secondary N) is 1. The summed E-state index contributed by atoms with van der Waals surface area (Å²) in [5.41, 5.74) is 2.95. The van der Waals surface area contributed by atoms with Gasteiger partial charge in [0.05, 0.1) is 6.04 Å². The van der Waals surface area contributed by atoms with Crippen LogP contribution in [0.1, 0.15) is 24.1 Å². The Morgan fingerprint density at radius 3 is 2.68 bits per heavy atom. The summed E-state index contributed by atoms with van der Waals surface area (Å²) >= 11 is 0. The third kappa shape index (κ3) is 3.95. The van der Waals surface area contributed by atoms with E-state index in [4.69, 9.17) is 9.47 Å². The highest BCUT2D eigenvalue weighted by atomic mass is 16.6. The Hall–Kier alpha value is -3.42. The Morgan fingerprint density at radius 1 is 1.14 bits per heavy atom. The van der Waals surface area contributed by atoms with Crippen LogP contribution in [0.15, 0.2) is 42.5 Å². The lowest BCUT2D eigenvalue weighted by atomic mass is 10.1. The summed E-state index contributed by atoms with van der Waals surface area (Å²) < 4.78 is 11.1. The zero-order valence-electron chi connectivity index (χ0n) is 15.8. The van der Waals surface area contributed by atoms with Crippen molar-refractivity contribution in [1.82, 2.24) is 25.5 Å². The fraction of sp³-hybridized carbons (Fsp3) is 0.300. The number of aromatic nitrogens is 4. The predicted octanol–water partition coefficient (Wildman–Crippen LogP) is 2.30. The molecule has 0 fully saturated rings. The van der Waals surface area contributed by atoms with Crippen LogP contribution >= 0.6 is 0 Å². The topological polar surface area (TPSA) is 91.2 Å². The van der Waals surface area contributed by atoms with Crippen LogP contribution in [0.3, 0.4) is 0 Å². The molecule has 4 rings (SSSR count). The molecule has 1 amide bonds. The number of carbonyl (C=O) groups excluding carboxylic acids is 1. The van der Waals surface area contributed by atoms with Gasteiger partial charge in [0.1, 0.15) is 19.8 Å². The number of amides is 1. The number of rotatable bonds is 5. The number of nitrogens with zero attached hydrogens (tertiary/aromatic N) is 4. The van der Waals surface area contributed by atoms with E-state index >= 15 is 0 Å². The van der Waals surface area contributed by atoms with Crippen LogP contribution in [0.5, 0.6) is 11.5 Å². The van der Waals surface area contributed by atoms with Gasteiger partial charge in [-0.3, -0.25) is 4.79 Å². The first-order valence-electron chi connectivity index (χ1n) is 9.12. The summed E-state index contributed by atoms with van der Waals surface area (Å²) in [5, 5.41) is 15.2. The second kappa shape index (κ2) is 7.67. The molecular weight excluding hydrogens is 358 g/mol. The fourth-order valence-electron chi connectivity index (χ4n) is 2.96. The Morgan fingerprint density at radius 2 is 1.89 bits per heavy atom. The van der Waals surface area contributed by atoms with Crippen LogP contribution in [0, 0.1) is 6.92 Å². The highest BCUT2D eigenvalue weighted by Crippen LogP contribution is 2.32. The maximum atomic E-state index is 12.4. The molecule has 144 valence electrons. The standard InChI is InChI=1S/C20H21N5O3/c1-13-3-5-15(6-4-13)20-22-24-25(23-20)12-19(26)21-14(2)16-7-8-17-18(11-16)28-10-9-27-17/h3-8,11,14H,9-10,12H2,1-2H3,(H,21,26). The summed E-state index contributed by atoms with van der Waals surface area (Å²) in [6.45, 7) is 5.00. The zero-order valence-corrected chi connectivity index (χ0v) is 15.8. The third-order valence-corrected chi connectivity index (χ3v) is 4.49. The van der Waals surface area contributed by atoms with E-state index < -0.39 is 0 Å². The van der Waals surface area contributed by atoms with Gasteiger partial charge in [-0.2, -0.15) is 4.80 Å². The van der Waals surface area contributed by atoms with Crippen LogP contribution in [-0.4, -0.2) is 39.3 Å². The van der Waals surface area contributed by atoms with E-state index in [1.54, 1.807) is 0 Å². The minimum atomic E-state index is -0.199. The number of aryl methyl sites for hydroxylation is 1. The first-order valence-corrected chi connectivity index (χ1v) is 9.12. The maximum Gasteiger partial charge on any atom is 0.244 e. The molecule has 2 heterocycles. The van der Waals surface area contributed by atoms with Gasteiger partial charge in [0.25, 0.3) is 0 Å². The lowest BCUT2D eigenvalue weighted by molar-refractivity contribution is -0.122. The quantitative estimate of drug-likeness (QED) is 0.731. The van der Waals surface area contributed by atoms with Gasteiger partial charge in [0.2, 0.25) is 11.7 Å². The van der Waals surface area contributed by atoms with E-state index in [1.807, 2.05) is 56.3 Å². The molecule has 1 aliphatic rings. The number of ether oxygens (including phenoxy) is 2. The molecular formula is C20H21N5O3. The first kappa shape index (κ1) is 18.0. The Bertz CT molecular complexity index is 984. The van der Waals surface area contributed by atoms with Gasteiger partial charge >= 0.3 is 0 Å². The Kier molecular flexibility index (Phi) is 4.92. The number of benzene rings is 2. The number of carbonyl (C=O) groups is 1. The lowest BCUT2D eigenvalue weighted by Gasteiger charge is -2.21. The summed E-state index contributed by atoms with van der Waals surface area (Å²) in [6, 6.07) is 13.3. The van der Waals surface area contributed by atoms with E-state index in [0.29, 0.717) is 24.8 Å². The molecule has 0 saturated heterocycles. The molecule has 1 unspecified atom stereocenters.